The smallest absolute Gasteiger partial charge is 0.138 e. The fourth-order valence-electron chi connectivity index (χ4n) is 1.57. The van der Waals surface area contributed by atoms with Crippen LogP contribution in [0.5, 0.6) is 0 Å². The number of hydrogen-bond donors (Lipinski definition) is 0. The van der Waals surface area contributed by atoms with Crippen molar-refractivity contribution in [2.45, 2.75) is 13.8 Å². The summed E-state index contributed by atoms with van der Waals surface area (Å²) in [5.41, 5.74) is 2.36. The fraction of sp³-hybridized carbons (Fsp3) is 0.182. The molecule has 2 rings (SSSR count). The molecule has 0 radical (unpaired) electrons. The Kier molecular flexibility index (Phi) is 2.69. The van der Waals surface area contributed by atoms with Crippen LogP contribution in [0.3, 0.4) is 0 Å². The molecule has 4 heteroatoms. The molecule has 0 saturated heterocycles. The minimum absolute atomic E-state index is 0.312. The van der Waals surface area contributed by atoms with Gasteiger partial charge in [-0.15, -0.1) is 0 Å². The second kappa shape index (κ2) is 3.72. The molecule has 0 fully saturated rings. The summed E-state index contributed by atoms with van der Waals surface area (Å²) in [7, 11) is 0. The topological polar surface area (TPSA) is 12.9 Å². The molecule has 1 heterocycles. The molecule has 0 atom stereocenters. The van der Waals surface area contributed by atoms with Crippen molar-refractivity contribution in [3.63, 3.8) is 0 Å². The van der Waals surface area contributed by atoms with Crippen molar-refractivity contribution in [1.82, 2.24) is 4.98 Å². The molecule has 1 aromatic heterocycles. The van der Waals surface area contributed by atoms with Crippen molar-refractivity contribution in [3.05, 3.63) is 38.7 Å². The van der Waals surface area contributed by atoms with E-state index in [0.29, 0.717) is 14.9 Å². The molecule has 0 bridgehead atoms. The molecule has 0 unspecified atom stereocenters. The van der Waals surface area contributed by atoms with Gasteiger partial charge in [-0.2, -0.15) is 0 Å². The average molecular weight is 289 g/mol. The SMILES string of the molecule is Cc1cc(Cl)c2c(Br)c(F)cc(C)c2n1. The molecule has 2 aromatic rings. The third-order valence-corrected chi connectivity index (χ3v) is 3.32. The average Bonchev–Trinajstić information content (AvgIpc) is 2.13. The lowest BCUT2D eigenvalue weighted by molar-refractivity contribution is 0.622. The van der Waals surface area contributed by atoms with Gasteiger partial charge in [0.25, 0.3) is 0 Å². The summed E-state index contributed by atoms with van der Waals surface area (Å²) in [5.74, 6) is -0.312. The van der Waals surface area contributed by atoms with Crippen LogP contribution in [0.1, 0.15) is 11.3 Å². The van der Waals surface area contributed by atoms with Gasteiger partial charge in [-0.05, 0) is 47.5 Å². The summed E-state index contributed by atoms with van der Waals surface area (Å²) in [5, 5.41) is 1.16. The Morgan fingerprint density at radius 2 is 2.00 bits per heavy atom. The van der Waals surface area contributed by atoms with Gasteiger partial charge in [0.05, 0.1) is 15.0 Å². The molecule has 0 aliphatic carbocycles. The third kappa shape index (κ3) is 1.74. The minimum atomic E-state index is -0.312. The van der Waals surface area contributed by atoms with E-state index >= 15 is 0 Å². The highest BCUT2D eigenvalue weighted by Gasteiger charge is 2.12. The van der Waals surface area contributed by atoms with Crippen LogP contribution < -0.4 is 0 Å². The van der Waals surface area contributed by atoms with Crippen LogP contribution in [0.4, 0.5) is 4.39 Å². The van der Waals surface area contributed by atoms with Crippen molar-refractivity contribution in [1.29, 1.82) is 0 Å². The molecule has 0 spiro atoms. The Morgan fingerprint density at radius 3 is 2.67 bits per heavy atom. The van der Waals surface area contributed by atoms with E-state index in [-0.39, 0.29) is 5.82 Å². The van der Waals surface area contributed by atoms with Crippen LogP contribution in [0, 0.1) is 19.7 Å². The minimum Gasteiger partial charge on any atom is -0.253 e. The number of benzene rings is 1. The number of hydrogen-bond acceptors (Lipinski definition) is 1. The van der Waals surface area contributed by atoms with Crippen LogP contribution in [0.2, 0.25) is 5.02 Å². The van der Waals surface area contributed by atoms with E-state index in [9.17, 15) is 4.39 Å². The van der Waals surface area contributed by atoms with Gasteiger partial charge in [0.15, 0.2) is 0 Å². The standard InChI is InChI=1S/C11H8BrClFN/c1-5-3-8(14)10(12)9-7(13)4-6(2)15-11(5)9/h3-4H,1-2H3. The van der Waals surface area contributed by atoms with E-state index in [1.54, 1.807) is 6.07 Å². The second-order valence-corrected chi connectivity index (χ2v) is 4.66. The summed E-state index contributed by atoms with van der Waals surface area (Å²) in [4.78, 5) is 4.36. The van der Waals surface area contributed by atoms with Gasteiger partial charge >= 0.3 is 0 Å². The van der Waals surface area contributed by atoms with Gasteiger partial charge in [-0.3, -0.25) is 4.98 Å². The van der Waals surface area contributed by atoms with Gasteiger partial charge in [-0.1, -0.05) is 11.6 Å². The molecule has 78 valence electrons. The fourth-order valence-corrected chi connectivity index (χ4v) is 2.54. The Balaban J connectivity index is 3.03. The lowest BCUT2D eigenvalue weighted by Crippen LogP contribution is -1.91. The van der Waals surface area contributed by atoms with Gasteiger partial charge < -0.3 is 0 Å². The number of fused-ring (bicyclic) bond motifs is 1. The van der Waals surface area contributed by atoms with Crippen molar-refractivity contribution < 1.29 is 4.39 Å². The summed E-state index contributed by atoms with van der Waals surface area (Å²) in [6, 6.07) is 3.18. The zero-order valence-electron chi connectivity index (χ0n) is 8.24. The van der Waals surface area contributed by atoms with Crippen molar-refractivity contribution in [3.8, 4) is 0 Å². The van der Waals surface area contributed by atoms with Crippen LogP contribution in [-0.2, 0) is 0 Å². The van der Waals surface area contributed by atoms with E-state index in [1.165, 1.54) is 6.07 Å². The Morgan fingerprint density at radius 1 is 1.33 bits per heavy atom. The summed E-state index contributed by atoms with van der Waals surface area (Å²) >= 11 is 9.27. The molecule has 0 aliphatic heterocycles. The van der Waals surface area contributed by atoms with Crippen LogP contribution >= 0.6 is 27.5 Å². The molecule has 0 saturated carbocycles. The van der Waals surface area contributed by atoms with E-state index in [1.807, 2.05) is 13.8 Å². The maximum Gasteiger partial charge on any atom is 0.138 e. The first-order chi connectivity index (χ1) is 7.00. The number of halogens is 3. The van der Waals surface area contributed by atoms with Crippen molar-refractivity contribution in [2.24, 2.45) is 0 Å². The van der Waals surface area contributed by atoms with E-state index in [0.717, 1.165) is 16.8 Å². The molecule has 0 N–H and O–H groups in total. The zero-order valence-corrected chi connectivity index (χ0v) is 10.6. The Bertz CT molecular complexity index is 554. The van der Waals surface area contributed by atoms with E-state index in [2.05, 4.69) is 20.9 Å². The van der Waals surface area contributed by atoms with Gasteiger partial charge in [0.2, 0.25) is 0 Å². The predicted octanol–water partition coefficient (Wildman–Crippen LogP) is 4.41. The summed E-state index contributed by atoms with van der Waals surface area (Å²) in [6.07, 6.45) is 0. The highest BCUT2D eigenvalue weighted by Crippen LogP contribution is 2.33. The second-order valence-electron chi connectivity index (χ2n) is 3.46. The van der Waals surface area contributed by atoms with E-state index in [4.69, 9.17) is 11.6 Å². The van der Waals surface area contributed by atoms with Gasteiger partial charge in [0, 0.05) is 11.1 Å². The first-order valence-electron chi connectivity index (χ1n) is 4.42. The summed E-state index contributed by atoms with van der Waals surface area (Å²) in [6.45, 7) is 3.68. The molecule has 1 aromatic carbocycles. The Hall–Kier alpha value is -0.670. The highest BCUT2D eigenvalue weighted by molar-refractivity contribution is 9.10. The zero-order chi connectivity index (χ0) is 11.2. The van der Waals surface area contributed by atoms with Crippen molar-refractivity contribution in [2.75, 3.05) is 0 Å². The molecular weight excluding hydrogens is 280 g/mol. The van der Waals surface area contributed by atoms with Crippen LogP contribution in [0.25, 0.3) is 10.9 Å². The first-order valence-corrected chi connectivity index (χ1v) is 5.59. The van der Waals surface area contributed by atoms with Crippen LogP contribution in [-0.4, -0.2) is 4.98 Å². The maximum atomic E-state index is 13.5. The third-order valence-electron chi connectivity index (χ3n) is 2.25. The molecule has 1 nitrogen and oxygen atoms in total. The predicted molar refractivity (Wildman–Crippen MR) is 63.9 cm³/mol. The van der Waals surface area contributed by atoms with Crippen LogP contribution in [0.15, 0.2) is 16.6 Å². The highest BCUT2D eigenvalue weighted by atomic mass is 79.9. The monoisotopic (exact) mass is 287 g/mol. The van der Waals surface area contributed by atoms with Crippen molar-refractivity contribution >= 4 is 38.4 Å². The van der Waals surface area contributed by atoms with Gasteiger partial charge in [0.1, 0.15) is 5.82 Å². The largest absolute Gasteiger partial charge is 0.253 e. The summed E-state index contributed by atoms with van der Waals surface area (Å²) < 4.78 is 13.8. The quantitative estimate of drug-likeness (QED) is 0.700. The molecule has 15 heavy (non-hydrogen) atoms. The first kappa shape index (κ1) is 10.8. The van der Waals surface area contributed by atoms with E-state index < -0.39 is 0 Å². The molecule has 0 aliphatic rings. The number of aromatic nitrogens is 1. The molecular formula is C11H8BrClFN. The molecule has 0 amide bonds. The van der Waals surface area contributed by atoms with Gasteiger partial charge in [-0.25, -0.2) is 4.39 Å². The lowest BCUT2D eigenvalue weighted by Gasteiger charge is -2.08. The number of aryl methyl sites for hydroxylation is 2. The normalized spacial score (nSPS) is 11.0. The Labute approximate surface area is 100 Å². The number of nitrogens with zero attached hydrogens (tertiary/aromatic N) is 1. The number of pyridine rings is 1. The lowest BCUT2D eigenvalue weighted by atomic mass is 10.1. The number of rotatable bonds is 0. The maximum absolute atomic E-state index is 13.5.